The van der Waals surface area contributed by atoms with Crippen molar-refractivity contribution in [1.82, 2.24) is 9.38 Å². The van der Waals surface area contributed by atoms with Gasteiger partial charge in [-0.15, -0.1) is 0 Å². The highest BCUT2D eigenvalue weighted by Crippen LogP contribution is 2.35. The fourth-order valence-electron chi connectivity index (χ4n) is 5.91. The van der Waals surface area contributed by atoms with Crippen LogP contribution in [-0.4, -0.2) is 25.5 Å². The van der Waals surface area contributed by atoms with E-state index in [1.807, 2.05) is 111 Å². The Kier molecular flexibility index (Phi) is 6.36. The molecule has 0 spiro atoms. The SMILES string of the molecule is Cc1c(O)cc(C(=O)Nc2ccccc2)c2ccccc12.Cc1c(O)cc2c(=O)n3c4ccccc4nc3c3cccc1c23. The van der Waals surface area contributed by atoms with Gasteiger partial charge in [0.2, 0.25) is 0 Å². The van der Waals surface area contributed by atoms with Crippen molar-refractivity contribution in [2.24, 2.45) is 0 Å². The van der Waals surface area contributed by atoms with Gasteiger partial charge in [-0.3, -0.25) is 14.0 Å². The second-order valence-electron chi connectivity index (χ2n) is 10.8. The summed E-state index contributed by atoms with van der Waals surface area (Å²) in [6.07, 6.45) is 0. The molecule has 0 radical (unpaired) electrons. The molecule has 0 saturated carbocycles. The number of hydrogen-bond donors (Lipinski definition) is 3. The second-order valence-corrected chi connectivity index (χ2v) is 10.8. The molecular formula is C37H27N3O4. The van der Waals surface area contributed by atoms with E-state index in [2.05, 4.69) is 10.3 Å². The molecule has 0 unspecified atom stereocenters. The lowest BCUT2D eigenvalue weighted by molar-refractivity contribution is 0.102. The van der Waals surface area contributed by atoms with E-state index in [0.717, 1.165) is 54.8 Å². The summed E-state index contributed by atoms with van der Waals surface area (Å²) in [5.74, 6) is 0.0467. The zero-order valence-electron chi connectivity index (χ0n) is 24.0. The number of aromatic hydroxyl groups is 2. The summed E-state index contributed by atoms with van der Waals surface area (Å²) in [5.41, 5.74) is 4.86. The molecule has 2 heterocycles. The number of phenolic OH excluding ortho intramolecular Hbond substituents is 2. The van der Waals surface area contributed by atoms with Crippen molar-refractivity contribution in [2.45, 2.75) is 13.8 Å². The van der Waals surface area contributed by atoms with Crippen LogP contribution in [0.4, 0.5) is 5.69 Å². The van der Waals surface area contributed by atoms with Crippen molar-refractivity contribution in [2.75, 3.05) is 5.32 Å². The van der Waals surface area contributed by atoms with Crippen LogP contribution in [0.2, 0.25) is 0 Å². The Bertz CT molecular complexity index is 2450. The van der Waals surface area contributed by atoms with Crippen molar-refractivity contribution in [3.05, 3.63) is 136 Å². The molecule has 1 amide bonds. The fraction of sp³-hybridized carbons (Fsp3) is 0.0541. The van der Waals surface area contributed by atoms with E-state index in [-0.39, 0.29) is 23.0 Å². The second kappa shape index (κ2) is 10.4. The van der Waals surface area contributed by atoms with Crippen LogP contribution in [-0.2, 0) is 0 Å². The Balaban J connectivity index is 0.000000143. The van der Waals surface area contributed by atoms with Crippen LogP contribution >= 0.6 is 0 Å². The summed E-state index contributed by atoms with van der Waals surface area (Å²) < 4.78 is 1.64. The maximum absolute atomic E-state index is 13.0. The average Bonchev–Trinajstić information content (AvgIpc) is 3.44. The van der Waals surface area contributed by atoms with E-state index in [0.29, 0.717) is 16.6 Å². The van der Waals surface area contributed by atoms with Crippen LogP contribution in [0.25, 0.3) is 49.0 Å². The number of nitrogens with zero attached hydrogens (tertiary/aromatic N) is 2. The highest BCUT2D eigenvalue weighted by atomic mass is 16.3. The lowest BCUT2D eigenvalue weighted by atomic mass is 9.98. The molecule has 0 aliphatic carbocycles. The Morgan fingerprint density at radius 2 is 1.30 bits per heavy atom. The smallest absolute Gasteiger partial charge is 0.264 e. The van der Waals surface area contributed by atoms with E-state index in [1.165, 1.54) is 6.07 Å². The molecule has 8 rings (SSSR count). The molecule has 0 aliphatic rings. The maximum atomic E-state index is 13.0. The molecule has 0 bridgehead atoms. The molecule has 3 N–H and O–H groups in total. The maximum Gasteiger partial charge on any atom is 0.264 e. The molecule has 8 aromatic rings. The first-order chi connectivity index (χ1) is 21.3. The number of hydrogen-bond acceptors (Lipinski definition) is 5. The molecule has 214 valence electrons. The minimum atomic E-state index is -0.229. The van der Waals surface area contributed by atoms with Gasteiger partial charge in [0.05, 0.1) is 22.0 Å². The van der Waals surface area contributed by atoms with Crippen LogP contribution in [0.3, 0.4) is 0 Å². The highest BCUT2D eigenvalue weighted by molar-refractivity contribution is 6.17. The zero-order chi connectivity index (χ0) is 30.5. The van der Waals surface area contributed by atoms with Crippen LogP contribution in [0.1, 0.15) is 21.5 Å². The highest BCUT2D eigenvalue weighted by Gasteiger charge is 2.18. The van der Waals surface area contributed by atoms with Crippen LogP contribution < -0.4 is 10.9 Å². The minimum Gasteiger partial charge on any atom is -0.508 e. The molecule has 0 fully saturated rings. The molecule has 0 saturated heterocycles. The van der Waals surface area contributed by atoms with Gasteiger partial charge in [0.15, 0.2) is 0 Å². The molecule has 6 aromatic carbocycles. The summed E-state index contributed by atoms with van der Waals surface area (Å²) in [7, 11) is 0. The molecule has 2 aromatic heterocycles. The number of benzene rings is 6. The zero-order valence-corrected chi connectivity index (χ0v) is 24.0. The number of aromatic nitrogens is 2. The predicted octanol–water partition coefficient (Wildman–Crippen LogP) is 7.71. The van der Waals surface area contributed by atoms with Crippen molar-refractivity contribution < 1.29 is 15.0 Å². The molecule has 0 atom stereocenters. The lowest BCUT2D eigenvalue weighted by Crippen LogP contribution is -2.13. The van der Waals surface area contributed by atoms with Gasteiger partial charge in [-0.25, -0.2) is 4.98 Å². The first-order valence-corrected chi connectivity index (χ1v) is 14.2. The Hall–Kier alpha value is -5.95. The minimum absolute atomic E-state index is 0.131. The van der Waals surface area contributed by atoms with Gasteiger partial charge in [0, 0.05) is 16.5 Å². The molecule has 7 heteroatoms. The Morgan fingerprint density at radius 1 is 0.682 bits per heavy atom. The number of aryl methyl sites for hydroxylation is 2. The summed E-state index contributed by atoms with van der Waals surface area (Å²) in [4.78, 5) is 30.2. The standard InChI is InChI=1S/C19H12N2O2.C18H15NO2/c1-10-11-5-4-6-12-17(11)13(9-16(10)22)19(23)21-15-8-3-2-7-14(15)20-18(12)21;1-12-14-9-5-6-10-15(14)16(11-17(12)20)18(21)19-13-7-3-2-4-8-13/h2-9,22H,1H3;2-11,20H,1H3,(H,19,21). The number of carbonyl (C=O) groups excluding carboxylic acids is 1. The van der Waals surface area contributed by atoms with Crippen molar-refractivity contribution in [3.63, 3.8) is 0 Å². The fourth-order valence-corrected chi connectivity index (χ4v) is 5.91. The predicted molar refractivity (Wildman–Crippen MR) is 176 cm³/mol. The number of rotatable bonds is 2. The molecule has 7 nitrogen and oxygen atoms in total. The van der Waals surface area contributed by atoms with Gasteiger partial charge >= 0.3 is 0 Å². The van der Waals surface area contributed by atoms with E-state index in [9.17, 15) is 19.8 Å². The Labute approximate surface area is 251 Å². The number of phenols is 2. The van der Waals surface area contributed by atoms with Crippen LogP contribution in [0.5, 0.6) is 11.5 Å². The Morgan fingerprint density at radius 3 is 2.09 bits per heavy atom. The average molecular weight is 578 g/mol. The topological polar surface area (TPSA) is 104 Å². The van der Waals surface area contributed by atoms with Crippen molar-refractivity contribution in [1.29, 1.82) is 0 Å². The molecule has 44 heavy (non-hydrogen) atoms. The normalized spacial score (nSPS) is 11.3. The van der Waals surface area contributed by atoms with Crippen molar-refractivity contribution in [3.8, 4) is 11.5 Å². The van der Waals surface area contributed by atoms with Crippen LogP contribution in [0.15, 0.2) is 114 Å². The lowest BCUT2D eigenvalue weighted by Gasteiger charge is -2.11. The first-order valence-electron chi connectivity index (χ1n) is 14.2. The molecule has 0 aliphatic heterocycles. The number of pyridine rings is 1. The summed E-state index contributed by atoms with van der Waals surface area (Å²) in [6.45, 7) is 3.71. The van der Waals surface area contributed by atoms with E-state index >= 15 is 0 Å². The van der Waals surface area contributed by atoms with Crippen molar-refractivity contribution >= 4 is 60.6 Å². The van der Waals surface area contributed by atoms with E-state index in [4.69, 9.17) is 0 Å². The van der Waals surface area contributed by atoms with Gasteiger partial charge in [-0.2, -0.15) is 0 Å². The number of fused-ring (bicyclic) bond motifs is 5. The van der Waals surface area contributed by atoms with Gasteiger partial charge in [-0.05, 0) is 77.5 Å². The summed E-state index contributed by atoms with van der Waals surface area (Å²) in [5, 5.41) is 28.0. The number of anilines is 1. The van der Waals surface area contributed by atoms with Gasteiger partial charge in [0.1, 0.15) is 17.1 Å². The third-order valence-electron chi connectivity index (χ3n) is 8.20. The van der Waals surface area contributed by atoms with Gasteiger partial charge in [0.25, 0.3) is 11.5 Å². The molecular weight excluding hydrogens is 550 g/mol. The summed E-state index contributed by atoms with van der Waals surface area (Å²) in [6, 6.07) is 33.4. The van der Waals surface area contributed by atoms with E-state index in [1.54, 1.807) is 10.5 Å². The van der Waals surface area contributed by atoms with Gasteiger partial charge in [-0.1, -0.05) is 72.8 Å². The third-order valence-corrected chi connectivity index (χ3v) is 8.20. The summed E-state index contributed by atoms with van der Waals surface area (Å²) >= 11 is 0. The number of amides is 1. The first kappa shape index (κ1) is 26.9. The van der Waals surface area contributed by atoms with E-state index < -0.39 is 0 Å². The monoisotopic (exact) mass is 577 g/mol. The number of imidazole rings is 1. The largest absolute Gasteiger partial charge is 0.508 e. The quantitative estimate of drug-likeness (QED) is 0.195. The number of para-hydroxylation sites is 3. The third kappa shape index (κ3) is 4.25. The number of carbonyl (C=O) groups is 1. The van der Waals surface area contributed by atoms with Gasteiger partial charge < -0.3 is 15.5 Å². The van der Waals surface area contributed by atoms with Crippen LogP contribution in [0, 0.1) is 13.8 Å². The number of nitrogens with one attached hydrogen (secondary N) is 1.